The van der Waals surface area contributed by atoms with Crippen molar-refractivity contribution in [3.05, 3.63) is 53.7 Å². The Morgan fingerprint density at radius 2 is 2.04 bits per heavy atom. The average Bonchev–Trinajstić information content (AvgIpc) is 2.62. The molecule has 1 N–H and O–H groups in total. The smallest absolute Gasteiger partial charge is 0.244 e. The first-order valence-corrected chi connectivity index (χ1v) is 8.29. The normalized spacial score (nSPS) is 17.8. The molecule has 1 aromatic carbocycles. The number of hydrogen-bond acceptors (Lipinski definition) is 4. The molecule has 1 amide bonds. The minimum Gasteiger partial charge on any atom is -0.481 e. The summed E-state index contributed by atoms with van der Waals surface area (Å²) in [6.07, 6.45) is 1.84. The molecule has 1 unspecified atom stereocenters. The third-order valence-electron chi connectivity index (χ3n) is 4.30. The van der Waals surface area contributed by atoms with Crippen molar-refractivity contribution in [1.82, 2.24) is 10.3 Å². The first-order chi connectivity index (χ1) is 11.7. The van der Waals surface area contributed by atoms with Crippen molar-refractivity contribution in [2.75, 3.05) is 18.6 Å². The molecule has 24 heavy (non-hydrogen) atoms. The predicted octanol–water partition coefficient (Wildman–Crippen LogP) is 2.68. The number of rotatable bonds is 5. The van der Waals surface area contributed by atoms with Crippen LogP contribution in [0.1, 0.15) is 24.1 Å². The Kier molecular flexibility index (Phi) is 5.11. The molecule has 1 saturated heterocycles. The number of carbonyl (C=O) groups excluding carboxylic acids is 1. The maximum atomic E-state index is 12.8. The van der Waals surface area contributed by atoms with Gasteiger partial charge in [0.2, 0.25) is 11.8 Å². The van der Waals surface area contributed by atoms with Crippen LogP contribution in [-0.2, 0) is 11.3 Å². The number of methoxy groups -OCH3 is 1. The Bertz CT molecular complexity index is 700. The summed E-state index contributed by atoms with van der Waals surface area (Å²) in [6.45, 7) is 3.38. The lowest BCUT2D eigenvalue weighted by atomic mass is 10.0. The van der Waals surface area contributed by atoms with Gasteiger partial charge in [-0.05, 0) is 38.0 Å². The molecule has 2 heterocycles. The number of carbonyl (C=O) groups is 1. The molecule has 0 spiro atoms. The van der Waals surface area contributed by atoms with Crippen LogP contribution in [0, 0.1) is 6.92 Å². The van der Waals surface area contributed by atoms with Crippen LogP contribution in [-0.4, -0.2) is 30.6 Å². The first-order valence-electron chi connectivity index (χ1n) is 8.29. The number of hydrogen-bond donors (Lipinski definition) is 1. The number of aryl methyl sites for hydroxylation is 1. The Balaban J connectivity index is 1.65. The predicted molar refractivity (Wildman–Crippen MR) is 94.2 cm³/mol. The molecule has 5 nitrogen and oxygen atoms in total. The summed E-state index contributed by atoms with van der Waals surface area (Å²) < 4.78 is 5.14. The molecule has 126 valence electrons. The molecule has 5 heteroatoms. The second-order valence-corrected chi connectivity index (χ2v) is 6.07. The van der Waals surface area contributed by atoms with Gasteiger partial charge in [0.1, 0.15) is 0 Å². The van der Waals surface area contributed by atoms with E-state index < -0.39 is 0 Å². The third kappa shape index (κ3) is 3.74. The SMILES string of the molecule is COc1cccc(CNC2CCCN(c3ccc(C)cc3)C2=O)n1. The number of benzene rings is 1. The van der Waals surface area contributed by atoms with Crippen molar-refractivity contribution in [2.24, 2.45) is 0 Å². The quantitative estimate of drug-likeness (QED) is 0.918. The maximum Gasteiger partial charge on any atom is 0.244 e. The molecule has 3 rings (SSSR count). The number of amides is 1. The third-order valence-corrected chi connectivity index (χ3v) is 4.30. The van der Waals surface area contributed by atoms with Gasteiger partial charge in [-0.3, -0.25) is 4.79 Å². The number of aromatic nitrogens is 1. The molecular formula is C19H23N3O2. The standard InChI is InChI=1S/C19H23N3O2/c1-14-8-10-16(11-9-14)22-12-4-6-17(19(22)23)20-13-15-5-3-7-18(21-15)24-2/h3,5,7-11,17,20H,4,6,12-13H2,1-2H3. The summed E-state index contributed by atoms with van der Waals surface area (Å²) in [5.74, 6) is 0.721. The highest BCUT2D eigenvalue weighted by Gasteiger charge is 2.29. The van der Waals surface area contributed by atoms with E-state index in [0.29, 0.717) is 12.4 Å². The highest BCUT2D eigenvalue weighted by molar-refractivity contribution is 5.97. The minimum atomic E-state index is -0.173. The minimum absolute atomic E-state index is 0.132. The number of piperidine rings is 1. The van der Waals surface area contributed by atoms with E-state index in [2.05, 4.69) is 10.3 Å². The van der Waals surface area contributed by atoms with Gasteiger partial charge in [-0.1, -0.05) is 23.8 Å². The zero-order valence-corrected chi connectivity index (χ0v) is 14.2. The van der Waals surface area contributed by atoms with Gasteiger partial charge in [0, 0.05) is 24.8 Å². The number of pyridine rings is 1. The number of ether oxygens (including phenoxy) is 1. The van der Waals surface area contributed by atoms with Crippen molar-refractivity contribution >= 4 is 11.6 Å². The van der Waals surface area contributed by atoms with Crippen LogP contribution in [0.4, 0.5) is 5.69 Å². The monoisotopic (exact) mass is 325 g/mol. The maximum absolute atomic E-state index is 12.8. The zero-order chi connectivity index (χ0) is 16.9. The van der Waals surface area contributed by atoms with Crippen LogP contribution in [0.25, 0.3) is 0 Å². The summed E-state index contributed by atoms with van der Waals surface area (Å²) in [6, 6.07) is 13.6. The van der Waals surface area contributed by atoms with Crippen LogP contribution >= 0.6 is 0 Å². The summed E-state index contributed by atoms with van der Waals surface area (Å²) in [7, 11) is 1.60. The number of anilines is 1. The van der Waals surface area contributed by atoms with Crippen molar-refractivity contribution in [3.63, 3.8) is 0 Å². The van der Waals surface area contributed by atoms with E-state index in [1.54, 1.807) is 7.11 Å². The molecule has 0 aliphatic carbocycles. The van der Waals surface area contributed by atoms with Gasteiger partial charge in [-0.2, -0.15) is 0 Å². The van der Waals surface area contributed by atoms with E-state index >= 15 is 0 Å². The van der Waals surface area contributed by atoms with E-state index in [4.69, 9.17) is 4.74 Å². The van der Waals surface area contributed by atoms with Crippen molar-refractivity contribution in [1.29, 1.82) is 0 Å². The van der Waals surface area contributed by atoms with Crippen molar-refractivity contribution in [2.45, 2.75) is 32.4 Å². The molecule has 2 aromatic rings. The highest BCUT2D eigenvalue weighted by atomic mass is 16.5. The molecular weight excluding hydrogens is 302 g/mol. The fourth-order valence-corrected chi connectivity index (χ4v) is 2.94. The summed E-state index contributed by atoms with van der Waals surface area (Å²) in [5.41, 5.74) is 3.04. The molecule has 1 aliphatic rings. The van der Waals surface area contributed by atoms with Crippen molar-refractivity contribution < 1.29 is 9.53 Å². The second-order valence-electron chi connectivity index (χ2n) is 6.07. The lowest BCUT2D eigenvalue weighted by Gasteiger charge is -2.32. The van der Waals surface area contributed by atoms with Gasteiger partial charge >= 0.3 is 0 Å². The zero-order valence-electron chi connectivity index (χ0n) is 14.2. The van der Waals surface area contributed by atoms with Gasteiger partial charge in [0.25, 0.3) is 0 Å². The first kappa shape index (κ1) is 16.5. The molecule has 1 atom stereocenters. The molecule has 0 bridgehead atoms. The Morgan fingerprint density at radius 1 is 1.25 bits per heavy atom. The molecule has 1 aliphatic heterocycles. The van der Waals surface area contributed by atoms with E-state index in [9.17, 15) is 4.79 Å². The fraction of sp³-hybridized carbons (Fsp3) is 0.368. The lowest BCUT2D eigenvalue weighted by molar-refractivity contribution is -0.121. The second kappa shape index (κ2) is 7.45. The van der Waals surface area contributed by atoms with Gasteiger partial charge < -0.3 is 15.0 Å². The Labute approximate surface area is 142 Å². The van der Waals surface area contributed by atoms with Crippen LogP contribution in [0.3, 0.4) is 0 Å². The van der Waals surface area contributed by atoms with Gasteiger partial charge in [0.15, 0.2) is 0 Å². The van der Waals surface area contributed by atoms with Gasteiger partial charge in [-0.15, -0.1) is 0 Å². The van der Waals surface area contributed by atoms with Crippen LogP contribution in [0.2, 0.25) is 0 Å². The topological polar surface area (TPSA) is 54.5 Å². The molecule has 1 aromatic heterocycles. The van der Waals surface area contributed by atoms with Crippen LogP contribution in [0.5, 0.6) is 5.88 Å². The van der Waals surface area contributed by atoms with Crippen molar-refractivity contribution in [3.8, 4) is 5.88 Å². The summed E-state index contributed by atoms with van der Waals surface area (Å²) in [4.78, 5) is 19.0. The molecule has 0 radical (unpaired) electrons. The number of nitrogens with one attached hydrogen (secondary N) is 1. The fourth-order valence-electron chi connectivity index (χ4n) is 2.94. The molecule has 0 saturated carbocycles. The van der Waals surface area contributed by atoms with Crippen LogP contribution in [0.15, 0.2) is 42.5 Å². The summed E-state index contributed by atoms with van der Waals surface area (Å²) in [5, 5.41) is 3.34. The lowest BCUT2D eigenvalue weighted by Crippen LogP contribution is -2.50. The molecule has 1 fully saturated rings. The Morgan fingerprint density at radius 3 is 2.79 bits per heavy atom. The van der Waals surface area contributed by atoms with Gasteiger partial charge in [0.05, 0.1) is 18.8 Å². The Hall–Kier alpha value is -2.40. The highest BCUT2D eigenvalue weighted by Crippen LogP contribution is 2.21. The van der Waals surface area contributed by atoms with Gasteiger partial charge in [-0.25, -0.2) is 4.98 Å². The van der Waals surface area contributed by atoms with E-state index in [-0.39, 0.29) is 11.9 Å². The van der Waals surface area contributed by atoms with E-state index in [0.717, 1.165) is 30.8 Å². The van der Waals surface area contributed by atoms with E-state index in [1.165, 1.54) is 5.56 Å². The van der Waals surface area contributed by atoms with E-state index in [1.807, 2.05) is 54.3 Å². The average molecular weight is 325 g/mol. The summed E-state index contributed by atoms with van der Waals surface area (Å²) >= 11 is 0. The largest absolute Gasteiger partial charge is 0.481 e. The number of nitrogens with zero attached hydrogens (tertiary/aromatic N) is 2. The van der Waals surface area contributed by atoms with Crippen LogP contribution < -0.4 is 15.0 Å².